The Morgan fingerprint density at radius 1 is 1.32 bits per heavy atom. The van der Waals surface area contributed by atoms with Crippen LogP contribution in [0.1, 0.15) is 38.6 Å². The van der Waals surface area contributed by atoms with Crippen molar-refractivity contribution >= 4 is 6.03 Å². The van der Waals surface area contributed by atoms with Crippen LogP contribution in [0.2, 0.25) is 0 Å². The lowest BCUT2D eigenvalue weighted by Crippen LogP contribution is -2.51. The number of carbonyl (C=O) groups is 1. The van der Waals surface area contributed by atoms with Crippen LogP contribution in [0.5, 0.6) is 0 Å². The number of benzene rings is 1. The fourth-order valence-corrected chi connectivity index (χ4v) is 5.17. The molecule has 2 saturated heterocycles. The Morgan fingerprint density at radius 3 is 2.73 bits per heavy atom. The molecule has 4 unspecified atom stereocenters. The highest BCUT2D eigenvalue weighted by Crippen LogP contribution is 2.37. The normalized spacial score (nSPS) is 22.1. The number of aliphatic hydroxyl groups excluding tert-OH is 1. The Balaban J connectivity index is 1.80. The van der Waals surface area contributed by atoms with Gasteiger partial charge in [0, 0.05) is 57.1 Å². The number of nitrogens with zero attached hydrogens (tertiary/aromatic N) is 3. The third kappa shape index (κ3) is 6.27. The number of ether oxygens (including phenoxy) is 1. The van der Waals surface area contributed by atoms with E-state index >= 15 is 0 Å². The Hall–Kier alpha value is -2.63. The minimum atomic E-state index is -1.11. The predicted molar refractivity (Wildman–Crippen MR) is 133 cm³/mol. The summed E-state index contributed by atoms with van der Waals surface area (Å²) in [5.74, 6) is -1.11. The molecule has 0 spiro atoms. The molecule has 3 N–H and O–H groups in total. The fraction of sp³-hybridized carbons (Fsp3) is 0.615. The number of aromatic nitrogens is 2. The number of imidazole rings is 1. The molecule has 2 amide bonds. The largest absolute Gasteiger partial charge is 0.394 e. The number of hydrogen-bond donors (Lipinski definition) is 3. The van der Waals surface area contributed by atoms with E-state index in [9.17, 15) is 23.1 Å². The van der Waals surface area contributed by atoms with Crippen molar-refractivity contribution in [3.8, 4) is 11.3 Å². The lowest BCUT2D eigenvalue weighted by Gasteiger charge is -2.40. The average molecular weight is 524 g/mol. The van der Waals surface area contributed by atoms with Crippen LogP contribution in [0.3, 0.4) is 0 Å². The van der Waals surface area contributed by atoms with Gasteiger partial charge in [0.2, 0.25) is 0 Å². The van der Waals surface area contributed by atoms with E-state index in [0.717, 1.165) is 18.2 Å². The summed E-state index contributed by atoms with van der Waals surface area (Å²) in [4.78, 5) is 20.0. The van der Waals surface area contributed by atoms with Crippen molar-refractivity contribution < 1.29 is 27.8 Å². The molecule has 4 atom stereocenters. The lowest BCUT2D eigenvalue weighted by atomic mass is 9.89. The number of aryl methyl sites for hydroxylation is 1. The van der Waals surface area contributed by atoms with E-state index in [0.29, 0.717) is 45.0 Å². The lowest BCUT2D eigenvalue weighted by molar-refractivity contribution is 0.0252. The van der Waals surface area contributed by atoms with Crippen LogP contribution in [0.25, 0.3) is 11.3 Å². The summed E-state index contributed by atoms with van der Waals surface area (Å²) in [6.45, 7) is 5.66. The number of carbonyl (C=O) groups excluding carboxylic acids is 1. The zero-order valence-corrected chi connectivity index (χ0v) is 21.3. The first-order chi connectivity index (χ1) is 17.8. The van der Waals surface area contributed by atoms with Gasteiger partial charge in [-0.1, -0.05) is 0 Å². The van der Waals surface area contributed by atoms with Crippen LogP contribution < -0.4 is 10.6 Å². The Morgan fingerprint density at radius 2 is 2.08 bits per heavy atom. The third-order valence-corrected chi connectivity index (χ3v) is 7.26. The number of aliphatic hydroxyl groups is 1. The SMILES string of the molecule is CCn1cc(-c2cc(F)ccc2F)nc1C(C1CCOCC1)N(CC1CNCC1F)C(=O)NC(C)CO. The van der Waals surface area contributed by atoms with E-state index in [1.165, 1.54) is 0 Å². The Bertz CT molecular complexity index is 1060. The highest BCUT2D eigenvalue weighted by molar-refractivity contribution is 5.75. The van der Waals surface area contributed by atoms with Crippen LogP contribution in [-0.4, -0.2) is 77.3 Å². The minimum absolute atomic E-state index is 0.0351. The monoisotopic (exact) mass is 523 g/mol. The molecule has 8 nitrogen and oxygen atoms in total. The molecule has 11 heteroatoms. The molecule has 204 valence electrons. The average Bonchev–Trinajstić information content (AvgIpc) is 3.51. The molecule has 2 fully saturated rings. The zero-order chi connectivity index (χ0) is 26.5. The first-order valence-corrected chi connectivity index (χ1v) is 12.9. The van der Waals surface area contributed by atoms with E-state index in [4.69, 9.17) is 9.72 Å². The molecule has 1 aromatic heterocycles. The van der Waals surface area contributed by atoms with Gasteiger partial charge in [0.05, 0.1) is 24.4 Å². The molecule has 2 aliphatic heterocycles. The number of nitrogens with one attached hydrogen (secondary N) is 2. The number of urea groups is 1. The van der Waals surface area contributed by atoms with Gasteiger partial charge in [-0.15, -0.1) is 0 Å². The molecular formula is C26H36F3N5O3. The van der Waals surface area contributed by atoms with Crippen molar-refractivity contribution in [2.75, 3.05) is 39.5 Å². The van der Waals surface area contributed by atoms with Crippen LogP contribution in [0.15, 0.2) is 24.4 Å². The topological polar surface area (TPSA) is 91.7 Å². The van der Waals surface area contributed by atoms with Gasteiger partial charge in [0.25, 0.3) is 0 Å². The minimum Gasteiger partial charge on any atom is -0.394 e. The Labute approximate surface area is 215 Å². The first kappa shape index (κ1) is 27.4. The molecule has 2 aromatic rings. The number of alkyl halides is 1. The van der Waals surface area contributed by atoms with Gasteiger partial charge in [-0.3, -0.25) is 0 Å². The standard InChI is InChI=1S/C26H36F3N5O3/c1-3-33-14-23(20-10-19(27)4-5-21(20)28)32-25(33)24(17-6-8-37-9-7-17)34(26(36)31-16(2)15-35)13-18-11-30-12-22(18)29/h4-5,10,14,16-18,22,24,30,35H,3,6-9,11-13,15H2,1-2H3,(H,31,36). The summed E-state index contributed by atoms with van der Waals surface area (Å²) in [5.41, 5.74) is 0.300. The van der Waals surface area contributed by atoms with Gasteiger partial charge >= 0.3 is 6.03 Å². The van der Waals surface area contributed by atoms with E-state index < -0.39 is 41.8 Å². The van der Waals surface area contributed by atoms with E-state index in [1.807, 2.05) is 11.5 Å². The number of hydrogen-bond acceptors (Lipinski definition) is 5. The smallest absolute Gasteiger partial charge is 0.318 e. The molecule has 3 heterocycles. The molecule has 0 saturated carbocycles. The van der Waals surface area contributed by atoms with Gasteiger partial charge in [0.1, 0.15) is 23.6 Å². The third-order valence-electron chi connectivity index (χ3n) is 7.26. The van der Waals surface area contributed by atoms with Gasteiger partial charge in [-0.25, -0.2) is 22.9 Å². The molecule has 0 radical (unpaired) electrons. The molecule has 4 rings (SSSR count). The Kier molecular flexibility index (Phi) is 9.09. The van der Waals surface area contributed by atoms with Crippen molar-refractivity contribution in [1.82, 2.24) is 25.1 Å². The van der Waals surface area contributed by atoms with Crippen molar-refractivity contribution in [1.29, 1.82) is 0 Å². The summed E-state index contributed by atoms with van der Waals surface area (Å²) in [6, 6.07) is 1.73. The summed E-state index contributed by atoms with van der Waals surface area (Å²) in [7, 11) is 0. The van der Waals surface area contributed by atoms with Crippen LogP contribution in [0.4, 0.5) is 18.0 Å². The van der Waals surface area contributed by atoms with E-state index in [-0.39, 0.29) is 36.9 Å². The fourth-order valence-electron chi connectivity index (χ4n) is 5.17. The van der Waals surface area contributed by atoms with Crippen molar-refractivity contribution in [2.24, 2.45) is 11.8 Å². The second-order valence-corrected chi connectivity index (χ2v) is 9.91. The summed E-state index contributed by atoms with van der Waals surface area (Å²) in [6.07, 6.45) is 1.88. The van der Waals surface area contributed by atoms with Gasteiger partial charge in [0.15, 0.2) is 0 Å². The maximum Gasteiger partial charge on any atom is 0.318 e. The summed E-state index contributed by atoms with van der Waals surface area (Å²) < 4.78 is 50.8. The van der Waals surface area contributed by atoms with Crippen LogP contribution in [0, 0.1) is 23.5 Å². The second kappa shape index (κ2) is 12.3. The highest BCUT2D eigenvalue weighted by Gasteiger charge is 2.40. The van der Waals surface area contributed by atoms with E-state index in [2.05, 4.69) is 10.6 Å². The molecule has 1 aromatic carbocycles. The second-order valence-electron chi connectivity index (χ2n) is 9.91. The molecular weight excluding hydrogens is 487 g/mol. The van der Waals surface area contributed by atoms with Crippen LogP contribution in [-0.2, 0) is 11.3 Å². The van der Waals surface area contributed by atoms with Gasteiger partial charge in [-0.2, -0.15) is 0 Å². The van der Waals surface area contributed by atoms with Crippen molar-refractivity contribution in [2.45, 2.75) is 51.5 Å². The summed E-state index contributed by atoms with van der Waals surface area (Å²) >= 11 is 0. The van der Waals surface area contributed by atoms with Crippen LogP contribution >= 0.6 is 0 Å². The zero-order valence-electron chi connectivity index (χ0n) is 21.3. The van der Waals surface area contributed by atoms with Crippen molar-refractivity contribution in [3.63, 3.8) is 0 Å². The molecule has 0 bridgehead atoms. The van der Waals surface area contributed by atoms with Gasteiger partial charge in [-0.05, 0) is 50.8 Å². The molecule has 37 heavy (non-hydrogen) atoms. The highest BCUT2D eigenvalue weighted by atomic mass is 19.1. The van der Waals surface area contributed by atoms with Crippen molar-refractivity contribution in [3.05, 3.63) is 41.9 Å². The number of rotatable bonds is 9. The first-order valence-electron chi connectivity index (χ1n) is 12.9. The quantitative estimate of drug-likeness (QED) is 0.470. The molecule has 2 aliphatic rings. The summed E-state index contributed by atoms with van der Waals surface area (Å²) in [5, 5.41) is 15.4. The van der Waals surface area contributed by atoms with Gasteiger partial charge < -0.3 is 29.9 Å². The number of halogens is 3. The van der Waals surface area contributed by atoms with E-state index in [1.54, 1.807) is 18.0 Å². The number of amides is 2. The predicted octanol–water partition coefficient (Wildman–Crippen LogP) is 3.27. The maximum atomic E-state index is 14.7. The maximum absolute atomic E-state index is 14.7. The molecule has 0 aliphatic carbocycles.